The van der Waals surface area contributed by atoms with Crippen LogP contribution in [0.4, 0.5) is 4.39 Å². The molecule has 1 heterocycles. The molecule has 124 valence electrons. The minimum absolute atomic E-state index is 0.0405. The number of halogens is 1. The number of carbonyl (C=O) groups is 1. The van der Waals surface area contributed by atoms with Crippen LogP contribution < -0.4 is 0 Å². The van der Waals surface area contributed by atoms with Gasteiger partial charge in [-0.15, -0.1) is 0 Å². The van der Waals surface area contributed by atoms with E-state index in [1.54, 1.807) is 24.3 Å². The number of nitrogens with zero attached hydrogens (tertiary/aromatic N) is 1. The fraction of sp³-hybridized carbons (Fsp3) is 0.500. The molecule has 2 unspecified atom stereocenters. The van der Waals surface area contributed by atoms with E-state index in [-0.39, 0.29) is 29.4 Å². The largest absolute Gasteiger partial charge is 0.392 e. The highest BCUT2D eigenvalue weighted by atomic mass is 32.1. The van der Waals surface area contributed by atoms with E-state index in [9.17, 15) is 14.3 Å². The van der Waals surface area contributed by atoms with Gasteiger partial charge in [-0.05, 0) is 30.9 Å². The van der Waals surface area contributed by atoms with Gasteiger partial charge in [-0.1, -0.05) is 24.3 Å². The Bertz CT molecular complexity index is 615. The molecule has 2 fully saturated rings. The molecule has 0 spiro atoms. The Hall–Kier alpha value is -1.17. The first-order valence-corrected chi connectivity index (χ1v) is 8.63. The van der Waals surface area contributed by atoms with Crippen LogP contribution in [-0.4, -0.2) is 40.7 Å². The second kappa shape index (κ2) is 7.16. The number of carbonyl (C=O) groups excluding carboxylic acids is 1. The smallest absolute Gasteiger partial charge is 0.157 e. The summed E-state index contributed by atoms with van der Waals surface area (Å²) in [6.45, 7) is 1.21. The van der Waals surface area contributed by atoms with Crippen molar-refractivity contribution in [3.8, 4) is 0 Å². The van der Waals surface area contributed by atoms with E-state index in [1.807, 2.05) is 4.90 Å². The van der Waals surface area contributed by atoms with Gasteiger partial charge in [0.2, 0.25) is 0 Å². The monoisotopic (exact) mass is 335 g/mol. The summed E-state index contributed by atoms with van der Waals surface area (Å²) in [5.41, 5.74) is 1.47. The van der Waals surface area contributed by atoms with Crippen molar-refractivity contribution < 1.29 is 14.3 Å². The average molecular weight is 335 g/mol. The number of Topliss-reactive ketones (excluding diaryl/α,β-unsaturated/α-hetero) is 1. The molecule has 23 heavy (non-hydrogen) atoms. The summed E-state index contributed by atoms with van der Waals surface area (Å²) in [4.78, 5) is 14.8. The van der Waals surface area contributed by atoms with Gasteiger partial charge < -0.3 is 5.11 Å². The zero-order chi connectivity index (χ0) is 16.4. The maximum Gasteiger partial charge on any atom is 0.157 e. The van der Waals surface area contributed by atoms with Crippen LogP contribution in [0.15, 0.2) is 35.9 Å². The number of ketones is 1. The normalized spacial score (nSPS) is 25.5. The van der Waals surface area contributed by atoms with Crippen molar-refractivity contribution in [3.05, 3.63) is 47.3 Å². The van der Waals surface area contributed by atoms with Gasteiger partial charge in [-0.2, -0.15) is 12.6 Å². The van der Waals surface area contributed by atoms with Crippen molar-refractivity contribution in [1.82, 2.24) is 4.90 Å². The first kappa shape index (κ1) is 16.7. The topological polar surface area (TPSA) is 40.5 Å². The molecule has 5 heteroatoms. The fourth-order valence-corrected chi connectivity index (χ4v) is 3.55. The van der Waals surface area contributed by atoms with Crippen LogP contribution >= 0.6 is 12.6 Å². The number of benzene rings is 1. The number of piperidine rings is 1. The average Bonchev–Trinajstić information content (AvgIpc) is 3.37. The number of rotatable bonds is 5. The molecule has 1 aromatic rings. The third-order valence-corrected chi connectivity index (χ3v) is 5.26. The molecular weight excluding hydrogens is 313 g/mol. The third kappa shape index (κ3) is 3.67. The minimum Gasteiger partial charge on any atom is -0.392 e. The van der Waals surface area contributed by atoms with Crippen LogP contribution in [0.1, 0.15) is 30.9 Å². The molecular formula is C18H22FNO2S. The van der Waals surface area contributed by atoms with Crippen molar-refractivity contribution >= 4 is 18.4 Å². The minimum atomic E-state index is -0.536. The Morgan fingerprint density at radius 3 is 2.78 bits per heavy atom. The van der Waals surface area contributed by atoms with Crippen LogP contribution in [0.25, 0.3) is 0 Å². The molecule has 1 aliphatic heterocycles. The molecule has 1 aliphatic carbocycles. The number of aliphatic hydroxyl groups excluding tert-OH is 1. The molecule has 1 aromatic carbocycles. The molecule has 3 rings (SSSR count). The summed E-state index contributed by atoms with van der Waals surface area (Å²) in [7, 11) is 0. The van der Waals surface area contributed by atoms with Crippen LogP contribution in [0.5, 0.6) is 0 Å². The highest BCUT2D eigenvalue weighted by Crippen LogP contribution is 2.39. The second-order valence-corrected chi connectivity index (χ2v) is 6.96. The lowest BCUT2D eigenvalue weighted by Crippen LogP contribution is -2.42. The molecule has 1 N–H and O–H groups in total. The number of hydrogen-bond donors (Lipinski definition) is 2. The van der Waals surface area contributed by atoms with Crippen LogP contribution in [0.3, 0.4) is 0 Å². The number of likely N-dealkylation sites (tertiary alicyclic amines) is 1. The first-order chi connectivity index (χ1) is 11.1. The van der Waals surface area contributed by atoms with E-state index < -0.39 is 6.04 Å². The summed E-state index contributed by atoms with van der Waals surface area (Å²) in [5, 5.41) is 9.27. The lowest BCUT2D eigenvalue weighted by atomic mass is 9.93. The maximum absolute atomic E-state index is 14.3. The molecule has 3 nitrogen and oxygen atoms in total. The quantitative estimate of drug-likeness (QED) is 0.642. The second-order valence-electron chi connectivity index (χ2n) is 6.34. The highest BCUT2D eigenvalue weighted by molar-refractivity contribution is 7.81. The number of thiol groups is 1. The Kier molecular flexibility index (Phi) is 5.19. The molecule has 0 aromatic heterocycles. The zero-order valence-corrected chi connectivity index (χ0v) is 13.9. The molecule has 2 atom stereocenters. The van der Waals surface area contributed by atoms with Crippen molar-refractivity contribution in [2.24, 2.45) is 5.92 Å². The van der Waals surface area contributed by atoms with Gasteiger partial charge >= 0.3 is 0 Å². The molecule has 1 saturated carbocycles. The predicted molar refractivity (Wildman–Crippen MR) is 91.0 cm³/mol. The summed E-state index contributed by atoms with van der Waals surface area (Å²) >= 11 is 4.55. The van der Waals surface area contributed by atoms with Crippen LogP contribution in [0.2, 0.25) is 0 Å². The number of hydrogen-bond acceptors (Lipinski definition) is 4. The summed E-state index contributed by atoms with van der Waals surface area (Å²) in [6.07, 6.45) is 4.36. The van der Waals surface area contributed by atoms with Crippen molar-refractivity contribution in [3.63, 3.8) is 0 Å². The van der Waals surface area contributed by atoms with E-state index in [0.717, 1.165) is 24.8 Å². The molecule has 1 saturated heterocycles. The highest BCUT2D eigenvalue weighted by Gasteiger charge is 2.40. The van der Waals surface area contributed by atoms with E-state index >= 15 is 0 Å². The van der Waals surface area contributed by atoms with Crippen LogP contribution in [-0.2, 0) is 4.79 Å². The van der Waals surface area contributed by atoms with Gasteiger partial charge in [0, 0.05) is 29.8 Å². The SMILES string of the molecule is O=C(C1CC1)C(c1ccccc1F)N1CCC(S)/C(=C/CO)C1. The molecule has 0 radical (unpaired) electrons. The van der Waals surface area contributed by atoms with Gasteiger partial charge in [-0.25, -0.2) is 4.39 Å². The molecule has 0 bridgehead atoms. The Morgan fingerprint density at radius 1 is 1.39 bits per heavy atom. The fourth-order valence-electron chi connectivity index (χ4n) is 3.25. The van der Waals surface area contributed by atoms with E-state index in [4.69, 9.17) is 0 Å². The molecule has 0 amide bonds. The summed E-state index contributed by atoms with van der Waals surface area (Å²) in [5.74, 6) is -0.137. The lowest BCUT2D eigenvalue weighted by Gasteiger charge is -2.37. The van der Waals surface area contributed by atoms with Gasteiger partial charge in [0.1, 0.15) is 5.82 Å². The standard InChI is InChI=1S/C18H22FNO2S/c19-15-4-2-1-3-14(15)17(18(22)12-5-6-12)20-9-7-16(23)13(11-20)8-10-21/h1-4,8,12,16-17,21,23H,5-7,9-11H2/b13-8+. The predicted octanol–water partition coefficient (Wildman–Crippen LogP) is 2.77. The Balaban J connectivity index is 1.91. The Morgan fingerprint density at radius 2 is 2.13 bits per heavy atom. The first-order valence-electron chi connectivity index (χ1n) is 8.12. The van der Waals surface area contributed by atoms with Crippen molar-refractivity contribution in [2.75, 3.05) is 19.7 Å². The summed E-state index contributed by atoms with van der Waals surface area (Å²) in [6, 6.07) is 6.02. The maximum atomic E-state index is 14.3. The third-order valence-electron chi connectivity index (χ3n) is 4.67. The lowest BCUT2D eigenvalue weighted by molar-refractivity contribution is -0.126. The Labute approximate surface area is 141 Å². The number of aliphatic hydroxyl groups is 1. The van der Waals surface area contributed by atoms with Crippen molar-refractivity contribution in [1.29, 1.82) is 0 Å². The molecule has 2 aliphatic rings. The van der Waals surface area contributed by atoms with Gasteiger partial charge in [0.15, 0.2) is 5.78 Å². The van der Waals surface area contributed by atoms with Gasteiger partial charge in [-0.3, -0.25) is 9.69 Å². The van der Waals surface area contributed by atoms with Crippen molar-refractivity contribution in [2.45, 2.75) is 30.6 Å². The summed E-state index contributed by atoms with van der Waals surface area (Å²) < 4.78 is 14.3. The zero-order valence-electron chi connectivity index (χ0n) is 13.0. The van der Waals surface area contributed by atoms with E-state index in [1.165, 1.54) is 6.07 Å². The van der Waals surface area contributed by atoms with Gasteiger partial charge in [0.05, 0.1) is 12.6 Å². The van der Waals surface area contributed by atoms with E-state index in [0.29, 0.717) is 18.7 Å². The van der Waals surface area contributed by atoms with Crippen LogP contribution in [0, 0.1) is 11.7 Å². The van der Waals surface area contributed by atoms with E-state index in [2.05, 4.69) is 12.6 Å². The van der Waals surface area contributed by atoms with Gasteiger partial charge in [0.25, 0.3) is 0 Å².